The van der Waals surface area contributed by atoms with E-state index in [0.29, 0.717) is 5.69 Å². The van der Waals surface area contributed by atoms with Crippen molar-refractivity contribution in [3.05, 3.63) is 77.6 Å². The molecule has 31 heavy (non-hydrogen) atoms. The van der Waals surface area contributed by atoms with Crippen LogP contribution in [0.3, 0.4) is 0 Å². The Morgan fingerprint density at radius 3 is 2.32 bits per heavy atom. The molecule has 0 aliphatic carbocycles. The lowest BCUT2D eigenvalue weighted by molar-refractivity contribution is 0.395. The van der Waals surface area contributed by atoms with Crippen LogP contribution in [0.4, 0.5) is 14.7 Å². The van der Waals surface area contributed by atoms with E-state index in [2.05, 4.69) is 19.8 Å². The Hall–Kier alpha value is -3.46. The molecule has 0 unspecified atom stereocenters. The summed E-state index contributed by atoms with van der Waals surface area (Å²) in [6.45, 7) is 3.94. The summed E-state index contributed by atoms with van der Waals surface area (Å²) >= 11 is 1.27. The molecule has 4 aromatic rings. The first-order valence-electron chi connectivity index (χ1n) is 9.40. The predicted molar refractivity (Wildman–Crippen MR) is 116 cm³/mol. The molecule has 0 bridgehead atoms. The monoisotopic (exact) mass is 439 g/mol. The van der Waals surface area contributed by atoms with Gasteiger partial charge in [-0.1, -0.05) is 24.3 Å². The zero-order chi connectivity index (χ0) is 22.0. The molecular formula is C22H19F2N5OS. The highest BCUT2D eigenvalue weighted by atomic mass is 32.2. The van der Waals surface area contributed by atoms with E-state index in [4.69, 9.17) is 4.74 Å². The molecule has 0 saturated carbocycles. The fourth-order valence-electron chi connectivity index (χ4n) is 3.11. The maximum absolute atomic E-state index is 14.1. The Morgan fingerprint density at radius 1 is 1.00 bits per heavy atom. The van der Waals surface area contributed by atoms with Crippen molar-refractivity contribution < 1.29 is 13.5 Å². The molecule has 0 atom stereocenters. The van der Waals surface area contributed by atoms with E-state index in [1.165, 1.54) is 18.0 Å². The van der Waals surface area contributed by atoms with Crippen molar-refractivity contribution in [1.29, 1.82) is 0 Å². The van der Waals surface area contributed by atoms with Crippen LogP contribution in [0.5, 0.6) is 11.6 Å². The van der Waals surface area contributed by atoms with Crippen molar-refractivity contribution in [2.45, 2.75) is 18.7 Å². The summed E-state index contributed by atoms with van der Waals surface area (Å²) in [6, 6.07) is 11.0. The van der Waals surface area contributed by atoms with E-state index < -0.39 is 17.4 Å². The van der Waals surface area contributed by atoms with Crippen molar-refractivity contribution in [3.8, 4) is 22.9 Å². The molecule has 2 aromatic carbocycles. The van der Waals surface area contributed by atoms with Crippen LogP contribution in [0.1, 0.15) is 11.1 Å². The van der Waals surface area contributed by atoms with Gasteiger partial charge in [0.2, 0.25) is 17.6 Å². The first kappa shape index (κ1) is 20.8. The lowest BCUT2D eigenvalue weighted by Gasteiger charge is -2.13. The van der Waals surface area contributed by atoms with Gasteiger partial charge in [-0.05, 0) is 49.1 Å². The molecule has 0 spiro atoms. The molecule has 0 aliphatic heterocycles. The van der Waals surface area contributed by atoms with E-state index in [1.807, 2.05) is 45.3 Å². The van der Waals surface area contributed by atoms with Gasteiger partial charge in [-0.3, -0.25) is 9.40 Å². The average molecular weight is 439 g/mol. The van der Waals surface area contributed by atoms with Gasteiger partial charge in [-0.25, -0.2) is 13.8 Å². The highest BCUT2D eigenvalue weighted by Crippen LogP contribution is 2.33. The lowest BCUT2D eigenvalue weighted by atomic mass is 10.00. The van der Waals surface area contributed by atoms with Crippen LogP contribution in [-0.2, 0) is 7.05 Å². The molecule has 0 aliphatic rings. The number of nitrogens with zero attached hydrogens (tertiary/aromatic N) is 4. The number of nitrogens with one attached hydrogen (secondary N) is 1. The maximum atomic E-state index is 14.1. The van der Waals surface area contributed by atoms with Gasteiger partial charge < -0.3 is 4.74 Å². The van der Waals surface area contributed by atoms with Gasteiger partial charge in [-0.2, -0.15) is 10.1 Å². The molecule has 1 N–H and O–H groups in total. The van der Waals surface area contributed by atoms with E-state index in [0.717, 1.165) is 33.7 Å². The Kier molecular flexibility index (Phi) is 5.85. The standard InChI is InChI=1S/C22H19F2N5OS/c1-13-6-4-7-14(2)20(13)18-10-19(30-21-16(23)8-5-9-17(21)24)27-22(26-18)28-31-15-11-25-29(3)12-15/h4-12H,1-3H3,(H,26,27,28). The van der Waals surface area contributed by atoms with Gasteiger partial charge in [-0.15, -0.1) is 0 Å². The molecule has 0 amide bonds. The van der Waals surface area contributed by atoms with Gasteiger partial charge in [0.05, 0.1) is 16.8 Å². The highest BCUT2D eigenvalue weighted by molar-refractivity contribution is 8.00. The van der Waals surface area contributed by atoms with Crippen LogP contribution >= 0.6 is 11.9 Å². The summed E-state index contributed by atoms with van der Waals surface area (Å²) in [6.07, 6.45) is 3.53. The quantitative estimate of drug-likeness (QED) is 0.390. The van der Waals surface area contributed by atoms with Crippen molar-refractivity contribution >= 4 is 17.9 Å². The second-order valence-corrected chi connectivity index (χ2v) is 7.77. The number of hydrogen-bond acceptors (Lipinski definition) is 6. The summed E-state index contributed by atoms with van der Waals surface area (Å²) in [5.74, 6) is -1.89. The zero-order valence-corrected chi connectivity index (χ0v) is 17.9. The minimum Gasteiger partial charge on any atom is -0.433 e. The molecule has 9 heteroatoms. The van der Waals surface area contributed by atoms with Crippen molar-refractivity contribution in [2.75, 3.05) is 4.72 Å². The summed E-state index contributed by atoms with van der Waals surface area (Å²) in [7, 11) is 1.82. The maximum Gasteiger partial charge on any atom is 0.237 e. The summed E-state index contributed by atoms with van der Waals surface area (Å²) < 4.78 is 38.5. The minimum absolute atomic E-state index is 0.0194. The Morgan fingerprint density at radius 2 is 1.68 bits per heavy atom. The average Bonchev–Trinajstić information content (AvgIpc) is 3.14. The summed E-state index contributed by atoms with van der Waals surface area (Å²) in [5.41, 5.74) is 3.49. The molecule has 158 valence electrons. The molecule has 0 fully saturated rings. The third kappa shape index (κ3) is 4.66. The number of para-hydroxylation sites is 1. The first-order valence-corrected chi connectivity index (χ1v) is 10.2. The smallest absolute Gasteiger partial charge is 0.237 e. The lowest BCUT2D eigenvalue weighted by Crippen LogP contribution is -2.02. The second kappa shape index (κ2) is 8.73. The Bertz CT molecular complexity index is 1200. The minimum atomic E-state index is -0.813. The zero-order valence-electron chi connectivity index (χ0n) is 17.1. The number of halogens is 2. The van der Waals surface area contributed by atoms with Crippen LogP contribution in [0.15, 0.2) is 59.8 Å². The van der Waals surface area contributed by atoms with E-state index in [9.17, 15) is 8.78 Å². The number of benzene rings is 2. The number of aryl methyl sites for hydroxylation is 3. The van der Waals surface area contributed by atoms with Crippen LogP contribution in [-0.4, -0.2) is 19.7 Å². The Balaban J connectivity index is 1.74. The SMILES string of the molecule is Cc1cccc(C)c1-c1cc(Oc2c(F)cccc2F)nc(NSc2cnn(C)c2)n1. The third-order valence-corrected chi connectivity index (χ3v) is 5.24. The third-order valence-electron chi connectivity index (χ3n) is 4.51. The first-order chi connectivity index (χ1) is 14.9. The van der Waals surface area contributed by atoms with Crippen LogP contribution in [0, 0.1) is 25.5 Å². The Labute approximate surface area is 182 Å². The molecule has 6 nitrogen and oxygen atoms in total. The number of ether oxygens (including phenoxy) is 1. The van der Waals surface area contributed by atoms with Gasteiger partial charge in [0.15, 0.2) is 11.6 Å². The normalized spacial score (nSPS) is 10.9. The van der Waals surface area contributed by atoms with Crippen molar-refractivity contribution in [3.63, 3.8) is 0 Å². The number of aromatic nitrogens is 4. The highest BCUT2D eigenvalue weighted by Gasteiger charge is 2.16. The molecule has 0 radical (unpaired) electrons. The van der Waals surface area contributed by atoms with Crippen LogP contribution < -0.4 is 9.46 Å². The number of rotatable bonds is 6. The molecule has 4 rings (SSSR count). The van der Waals surface area contributed by atoms with Crippen molar-refractivity contribution in [1.82, 2.24) is 19.7 Å². The van der Waals surface area contributed by atoms with E-state index in [1.54, 1.807) is 16.9 Å². The summed E-state index contributed by atoms with van der Waals surface area (Å²) in [5, 5.41) is 4.12. The predicted octanol–water partition coefficient (Wildman–Crippen LogP) is 5.68. The van der Waals surface area contributed by atoms with Gasteiger partial charge in [0.25, 0.3) is 0 Å². The van der Waals surface area contributed by atoms with Gasteiger partial charge in [0, 0.05) is 24.9 Å². The molecule has 2 heterocycles. The molecule has 2 aromatic heterocycles. The summed E-state index contributed by atoms with van der Waals surface area (Å²) in [4.78, 5) is 9.74. The molecular weight excluding hydrogens is 420 g/mol. The van der Waals surface area contributed by atoms with Crippen LogP contribution in [0.2, 0.25) is 0 Å². The van der Waals surface area contributed by atoms with E-state index in [-0.39, 0.29) is 11.8 Å². The van der Waals surface area contributed by atoms with Crippen LogP contribution in [0.25, 0.3) is 11.3 Å². The largest absolute Gasteiger partial charge is 0.433 e. The topological polar surface area (TPSA) is 64.9 Å². The fourth-order valence-corrected chi connectivity index (χ4v) is 3.72. The van der Waals surface area contributed by atoms with Gasteiger partial charge >= 0.3 is 0 Å². The molecule has 0 saturated heterocycles. The van der Waals surface area contributed by atoms with Crippen molar-refractivity contribution in [2.24, 2.45) is 7.05 Å². The van der Waals surface area contributed by atoms with Gasteiger partial charge in [0.1, 0.15) is 0 Å². The number of anilines is 1. The second-order valence-electron chi connectivity index (χ2n) is 6.89. The van der Waals surface area contributed by atoms with E-state index >= 15 is 0 Å². The number of hydrogen-bond donors (Lipinski definition) is 1. The fraction of sp³-hybridized carbons (Fsp3) is 0.136.